The highest BCUT2D eigenvalue weighted by Crippen LogP contribution is 2.33. The van der Waals surface area contributed by atoms with Gasteiger partial charge in [-0.3, -0.25) is 19.7 Å². The first-order chi connectivity index (χ1) is 17.2. The fourth-order valence-corrected chi connectivity index (χ4v) is 6.36. The van der Waals surface area contributed by atoms with E-state index in [0.717, 1.165) is 0 Å². The number of hydrogen-bond acceptors (Lipinski definition) is 7. The van der Waals surface area contributed by atoms with Gasteiger partial charge in [0.05, 0.1) is 17.7 Å². The van der Waals surface area contributed by atoms with Crippen molar-refractivity contribution in [2.24, 2.45) is 0 Å². The van der Waals surface area contributed by atoms with Crippen molar-refractivity contribution in [2.45, 2.75) is 30.3 Å². The minimum atomic E-state index is -3.74. The number of rotatable bonds is 5. The van der Waals surface area contributed by atoms with Crippen LogP contribution in [0.5, 0.6) is 5.75 Å². The molecule has 2 aromatic rings. The van der Waals surface area contributed by atoms with Crippen molar-refractivity contribution >= 4 is 33.4 Å². The van der Waals surface area contributed by atoms with Crippen LogP contribution >= 0.6 is 0 Å². The highest BCUT2D eigenvalue weighted by Gasteiger charge is 2.40. The number of piperazine rings is 1. The Balaban J connectivity index is 1.31. The zero-order chi connectivity index (χ0) is 25.6. The van der Waals surface area contributed by atoms with Crippen LogP contribution in [-0.2, 0) is 26.2 Å². The van der Waals surface area contributed by atoms with Crippen LogP contribution in [0.3, 0.4) is 0 Å². The van der Waals surface area contributed by atoms with Gasteiger partial charge in [-0.15, -0.1) is 0 Å². The number of sulfonamides is 1. The molecule has 2 aromatic carbocycles. The Bertz CT molecular complexity index is 1360. The third-order valence-electron chi connectivity index (χ3n) is 6.85. The minimum Gasteiger partial charge on any atom is -0.497 e. The topological polar surface area (TPSA) is 116 Å². The number of carbonyl (C=O) groups excluding carboxylic acids is 3. The van der Waals surface area contributed by atoms with Gasteiger partial charge in [-0.25, -0.2) is 12.8 Å². The van der Waals surface area contributed by atoms with Crippen LogP contribution in [0.2, 0.25) is 0 Å². The number of imide groups is 1. The molecule has 190 valence electrons. The van der Waals surface area contributed by atoms with Gasteiger partial charge in [-0.2, -0.15) is 4.31 Å². The molecule has 0 aromatic heterocycles. The number of methoxy groups -OCH3 is 1. The fraction of sp³-hybridized carbons (Fsp3) is 0.375. The van der Waals surface area contributed by atoms with E-state index in [1.165, 1.54) is 34.5 Å². The molecule has 1 atom stereocenters. The van der Waals surface area contributed by atoms with E-state index < -0.39 is 33.7 Å². The summed E-state index contributed by atoms with van der Waals surface area (Å²) in [5.74, 6) is -1.49. The van der Waals surface area contributed by atoms with Gasteiger partial charge in [0.15, 0.2) is 0 Å². The van der Waals surface area contributed by atoms with Gasteiger partial charge in [0, 0.05) is 50.8 Å². The Kier molecular flexibility index (Phi) is 6.17. The standard InChI is InChI=1S/C24H25FN4O6S/c1-35-16-3-2-4-17(12-16)36(33,34)28-9-7-27(8-10-28)21-11-15-14-29(24(32)18(15)13-19(21)25)20-5-6-22(30)26-23(20)31/h2-4,11-13,20H,5-10,14H2,1H3,(H,26,30,31). The number of nitrogens with one attached hydrogen (secondary N) is 1. The molecule has 2 saturated heterocycles. The van der Waals surface area contributed by atoms with Gasteiger partial charge in [0.1, 0.15) is 17.6 Å². The maximum atomic E-state index is 15.1. The summed E-state index contributed by atoms with van der Waals surface area (Å²) in [6.45, 7) is 1.00. The average molecular weight is 517 g/mol. The van der Waals surface area contributed by atoms with Crippen molar-refractivity contribution < 1.29 is 31.9 Å². The normalized spacial score (nSPS) is 20.9. The summed E-state index contributed by atoms with van der Waals surface area (Å²) in [6.07, 6.45) is 0.364. The summed E-state index contributed by atoms with van der Waals surface area (Å²) in [5, 5.41) is 2.25. The lowest BCUT2D eigenvalue weighted by molar-refractivity contribution is -0.136. The van der Waals surface area contributed by atoms with Crippen molar-refractivity contribution in [3.63, 3.8) is 0 Å². The molecule has 1 unspecified atom stereocenters. The maximum Gasteiger partial charge on any atom is 0.255 e. The van der Waals surface area contributed by atoms with Crippen LogP contribution in [-0.4, -0.2) is 74.7 Å². The summed E-state index contributed by atoms with van der Waals surface area (Å²) in [7, 11) is -2.27. The number of halogens is 1. The second-order valence-electron chi connectivity index (χ2n) is 8.93. The molecule has 1 N–H and O–H groups in total. The van der Waals surface area contributed by atoms with Crippen LogP contribution < -0.4 is 15.0 Å². The number of benzene rings is 2. The van der Waals surface area contributed by atoms with E-state index in [1.807, 2.05) is 0 Å². The third kappa shape index (κ3) is 4.20. The molecular formula is C24H25FN4O6S. The van der Waals surface area contributed by atoms with Crippen LogP contribution in [0, 0.1) is 5.82 Å². The second-order valence-corrected chi connectivity index (χ2v) is 10.9. The van der Waals surface area contributed by atoms with Crippen molar-refractivity contribution in [1.29, 1.82) is 0 Å². The first kappa shape index (κ1) is 24.2. The fourth-order valence-electron chi connectivity index (χ4n) is 4.90. The molecule has 3 aliphatic rings. The molecule has 0 saturated carbocycles. The Morgan fingerprint density at radius 1 is 1.06 bits per heavy atom. The van der Waals surface area contributed by atoms with Gasteiger partial charge in [0.25, 0.3) is 5.91 Å². The highest BCUT2D eigenvalue weighted by atomic mass is 32.2. The number of piperidine rings is 1. The van der Waals surface area contributed by atoms with Gasteiger partial charge in [0.2, 0.25) is 21.8 Å². The molecule has 0 radical (unpaired) electrons. The number of hydrogen-bond donors (Lipinski definition) is 1. The molecule has 0 spiro atoms. The lowest BCUT2D eigenvalue weighted by atomic mass is 10.0. The van der Waals surface area contributed by atoms with Crippen molar-refractivity contribution in [2.75, 3.05) is 38.2 Å². The summed E-state index contributed by atoms with van der Waals surface area (Å²) in [4.78, 5) is 39.9. The van der Waals surface area contributed by atoms with E-state index in [4.69, 9.17) is 4.74 Å². The van der Waals surface area contributed by atoms with E-state index in [0.29, 0.717) is 11.3 Å². The predicted octanol–water partition coefficient (Wildman–Crippen LogP) is 1.11. The Labute approximate surface area is 207 Å². The maximum absolute atomic E-state index is 15.1. The summed E-state index contributed by atoms with van der Waals surface area (Å²) in [5.41, 5.74) is 1.07. The number of nitrogens with zero attached hydrogens (tertiary/aromatic N) is 3. The lowest BCUT2D eigenvalue weighted by Gasteiger charge is -2.35. The van der Waals surface area contributed by atoms with E-state index in [9.17, 15) is 22.8 Å². The number of carbonyl (C=O) groups is 3. The van der Waals surface area contributed by atoms with Crippen molar-refractivity contribution in [3.8, 4) is 5.75 Å². The molecule has 5 rings (SSSR count). The highest BCUT2D eigenvalue weighted by molar-refractivity contribution is 7.89. The van der Waals surface area contributed by atoms with Crippen LogP contribution in [0.15, 0.2) is 41.3 Å². The Hall–Kier alpha value is -3.51. The zero-order valence-electron chi connectivity index (χ0n) is 19.6. The molecule has 3 aliphatic heterocycles. The van der Waals surface area contributed by atoms with Crippen molar-refractivity contribution in [3.05, 3.63) is 53.3 Å². The first-order valence-corrected chi connectivity index (χ1v) is 13.0. The smallest absolute Gasteiger partial charge is 0.255 e. The first-order valence-electron chi connectivity index (χ1n) is 11.6. The van der Waals surface area contributed by atoms with Crippen LogP contribution in [0.25, 0.3) is 0 Å². The van der Waals surface area contributed by atoms with E-state index in [-0.39, 0.29) is 67.6 Å². The van der Waals surface area contributed by atoms with Gasteiger partial charge >= 0.3 is 0 Å². The molecule has 3 amide bonds. The number of anilines is 1. The summed E-state index contributed by atoms with van der Waals surface area (Å²) in [6, 6.07) is 8.25. The molecule has 3 heterocycles. The predicted molar refractivity (Wildman–Crippen MR) is 126 cm³/mol. The quantitative estimate of drug-likeness (QED) is 0.592. The van der Waals surface area contributed by atoms with Crippen LogP contribution in [0.4, 0.5) is 10.1 Å². The molecular weight excluding hydrogens is 491 g/mol. The largest absolute Gasteiger partial charge is 0.497 e. The minimum absolute atomic E-state index is 0.131. The molecule has 0 aliphatic carbocycles. The van der Waals surface area contributed by atoms with E-state index >= 15 is 4.39 Å². The monoisotopic (exact) mass is 516 g/mol. The summed E-state index contributed by atoms with van der Waals surface area (Å²) < 4.78 is 47.7. The molecule has 12 heteroatoms. The van der Waals surface area contributed by atoms with Gasteiger partial charge in [-0.05, 0) is 36.2 Å². The zero-order valence-corrected chi connectivity index (χ0v) is 20.4. The van der Waals surface area contributed by atoms with Crippen LogP contribution in [0.1, 0.15) is 28.8 Å². The number of amides is 3. The molecule has 0 bridgehead atoms. The lowest BCUT2D eigenvalue weighted by Crippen LogP contribution is -2.52. The van der Waals surface area contributed by atoms with Gasteiger partial charge < -0.3 is 14.5 Å². The number of ether oxygens (including phenoxy) is 1. The average Bonchev–Trinajstić information content (AvgIpc) is 3.18. The van der Waals surface area contributed by atoms with E-state index in [1.54, 1.807) is 23.1 Å². The Morgan fingerprint density at radius 3 is 2.50 bits per heavy atom. The second kappa shape index (κ2) is 9.17. The molecule has 36 heavy (non-hydrogen) atoms. The molecule has 2 fully saturated rings. The SMILES string of the molecule is COc1cccc(S(=O)(=O)N2CCN(c3cc4c(cc3F)C(=O)N(C3CCC(=O)NC3=O)C4)CC2)c1. The molecule has 10 nitrogen and oxygen atoms in total. The number of fused-ring (bicyclic) bond motifs is 1. The van der Waals surface area contributed by atoms with E-state index in [2.05, 4.69) is 5.32 Å². The summed E-state index contributed by atoms with van der Waals surface area (Å²) >= 11 is 0. The third-order valence-corrected chi connectivity index (χ3v) is 8.74. The van der Waals surface area contributed by atoms with Crippen molar-refractivity contribution in [1.82, 2.24) is 14.5 Å². The Morgan fingerprint density at radius 2 is 1.81 bits per heavy atom. The van der Waals surface area contributed by atoms with Gasteiger partial charge in [-0.1, -0.05) is 6.07 Å².